The maximum absolute atomic E-state index is 11.4. The number of hydrogen-bond donors (Lipinski definition) is 0. The molecular weight excluding hydrogens is 199 g/mol. The predicted molar refractivity (Wildman–Crippen MR) is 59.8 cm³/mol. The monoisotopic (exact) mass is 219 g/mol. The van der Waals surface area contributed by atoms with Gasteiger partial charge in [-0.1, -0.05) is 6.92 Å². The quantitative estimate of drug-likeness (QED) is 0.524. The molecule has 83 valence electrons. The van der Waals surface area contributed by atoms with E-state index < -0.39 is 5.41 Å². The third-order valence-corrected chi connectivity index (χ3v) is 1.86. The predicted octanol–water partition coefficient (Wildman–Crippen LogP) is 2.02. The summed E-state index contributed by atoms with van der Waals surface area (Å²) in [5.41, 5.74) is -0.452. The molecular formula is C10H20O3P. The first kappa shape index (κ1) is 13.9. The number of hydrogen-bond acceptors (Lipinski definition) is 3. The lowest BCUT2D eigenvalue weighted by Crippen LogP contribution is -2.28. The summed E-state index contributed by atoms with van der Waals surface area (Å²) in [7, 11) is 2.46. The van der Waals surface area contributed by atoms with Crippen molar-refractivity contribution in [2.24, 2.45) is 5.41 Å². The third kappa shape index (κ3) is 5.56. The first-order chi connectivity index (χ1) is 6.41. The van der Waals surface area contributed by atoms with Crippen molar-refractivity contribution in [3.63, 3.8) is 0 Å². The number of carbonyl (C=O) groups excluding carboxylic acids is 1. The van der Waals surface area contributed by atoms with E-state index in [0.717, 1.165) is 0 Å². The van der Waals surface area contributed by atoms with E-state index in [0.29, 0.717) is 12.8 Å². The summed E-state index contributed by atoms with van der Waals surface area (Å²) in [6, 6.07) is 0. The summed E-state index contributed by atoms with van der Waals surface area (Å²) in [5.74, 6) is -0.205. The van der Waals surface area contributed by atoms with Crippen LogP contribution >= 0.6 is 9.24 Å². The van der Waals surface area contributed by atoms with Crippen molar-refractivity contribution >= 4 is 15.2 Å². The molecule has 0 rings (SSSR count). The van der Waals surface area contributed by atoms with Gasteiger partial charge in [-0.2, -0.15) is 0 Å². The molecule has 2 unspecified atom stereocenters. The Morgan fingerprint density at radius 3 is 2.43 bits per heavy atom. The number of ether oxygens (including phenoxy) is 2. The number of esters is 1. The first-order valence-electron chi connectivity index (χ1n) is 4.70. The topological polar surface area (TPSA) is 35.5 Å². The minimum Gasteiger partial charge on any atom is -0.463 e. The Labute approximate surface area is 88.7 Å². The van der Waals surface area contributed by atoms with Crippen molar-refractivity contribution in [1.29, 1.82) is 0 Å². The first-order valence-corrected chi connectivity index (χ1v) is 5.51. The van der Waals surface area contributed by atoms with E-state index in [4.69, 9.17) is 9.47 Å². The van der Waals surface area contributed by atoms with E-state index in [9.17, 15) is 4.79 Å². The molecule has 0 saturated carbocycles. The van der Waals surface area contributed by atoms with Gasteiger partial charge in [-0.15, -0.1) is 9.24 Å². The molecule has 0 fully saturated rings. The van der Waals surface area contributed by atoms with Gasteiger partial charge in [0.25, 0.3) is 0 Å². The van der Waals surface area contributed by atoms with Gasteiger partial charge >= 0.3 is 5.97 Å². The smallest absolute Gasteiger partial charge is 0.311 e. The van der Waals surface area contributed by atoms with Crippen LogP contribution in [0.5, 0.6) is 0 Å². The molecule has 0 spiro atoms. The number of rotatable bonds is 5. The van der Waals surface area contributed by atoms with Gasteiger partial charge in [-0.05, 0) is 27.2 Å². The van der Waals surface area contributed by atoms with Gasteiger partial charge in [0.05, 0.1) is 17.9 Å². The standard InChI is InChI=1S/C10H20O3P/c1-5-8(13-7-14)6-12-9(11)10(2,3)4/h8H,1,5-7,14H2,2-4H3. The average Bonchev–Trinajstić information content (AvgIpc) is 2.10. The van der Waals surface area contributed by atoms with E-state index in [2.05, 4.69) is 16.2 Å². The highest BCUT2D eigenvalue weighted by atomic mass is 31.0. The normalized spacial score (nSPS) is 13.8. The van der Waals surface area contributed by atoms with Gasteiger partial charge < -0.3 is 9.47 Å². The molecule has 2 atom stereocenters. The van der Waals surface area contributed by atoms with Gasteiger partial charge in [0.2, 0.25) is 0 Å². The van der Waals surface area contributed by atoms with Crippen molar-refractivity contribution in [2.75, 3.05) is 13.0 Å². The molecule has 0 aromatic carbocycles. The second kappa shape index (κ2) is 6.36. The fourth-order valence-electron chi connectivity index (χ4n) is 0.736. The van der Waals surface area contributed by atoms with E-state index in [1.807, 2.05) is 20.8 Å². The van der Waals surface area contributed by atoms with Gasteiger partial charge in [-0.3, -0.25) is 4.79 Å². The Balaban J connectivity index is 3.85. The maximum Gasteiger partial charge on any atom is 0.311 e. The van der Waals surface area contributed by atoms with Crippen LogP contribution in [0.4, 0.5) is 0 Å². The summed E-state index contributed by atoms with van der Waals surface area (Å²) < 4.78 is 10.4. The summed E-state index contributed by atoms with van der Waals surface area (Å²) >= 11 is 0. The maximum atomic E-state index is 11.4. The molecule has 1 radical (unpaired) electrons. The molecule has 0 amide bonds. The zero-order chi connectivity index (χ0) is 11.2. The summed E-state index contributed by atoms with van der Waals surface area (Å²) in [4.78, 5) is 11.4. The van der Waals surface area contributed by atoms with Crippen molar-refractivity contribution in [3.05, 3.63) is 6.92 Å². The van der Waals surface area contributed by atoms with E-state index in [-0.39, 0.29) is 18.7 Å². The second-order valence-electron chi connectivity index (χ2n) is 4.09. The molecule has 4 heteroatoms. The van der Waals surface area contributed by atoms with E-state index in [1.54, 1.807) is 0 Å². The Morgan fingerprint density at radius 2 is 2.07 bits per heavy atom. The van der Waals surface area contributed by atoms with Crippen LogP contribution in [-0.2, 0) is 14.3 Å². The zero-order valence-electron chi connectivity index (χ0n) is 9.21. The number of carbonyl (C=O) groups is 1. The molecule has 3 nitrogen and oxygen atoms in total. The molecule has 0 aliphatic rings. The van der Waals surface area contributed by atoms with Gasteiger partial charge in [0, 0.05) is 0 Å². The lowest BCUT2D eigenvalue weighted by atomic mass is 9.97. The van der Waals surface area contributed by atoms with E-state index >= 15 is 0 Å². The Morgan fingerprint density at radius 1 is 1.50 bits per heavy atom. The SMILES string of the molecule is [CH2]CC(COC(=O)C(C)(C)C)OCP. The second-order valence-corrected chi connectivity index (χ2v) is 4.43. The Bertz CT molecular complexity index is 175. The minimum absolute atomic E-state index is 0.0983. The largest absolute Gasteiger partial charge is 0.463 e. The zero-order valence-corrected chi connectivity index (χ0v) is 10.4. The molecule has 0 aromatic rings. The molecule has 0 aromatic heterocycles. The lowest BCUT2D eigenvalue weighted by Gasteiger charge is -2.20. The van der Waals surface area contributed by atoms with Crippen LogP contribution in [0.1, 0.15) is 27.2 Å². The lowest BCUT2D eigenvalue weighted by molar-refractivity contribution is -0.156. The fourth-order valence-corrected chi connectivity index (χ4v) is 1.01. The van der Waals surface area contributed by atoms with Gasteiger partial charge in [0.1, 0.15) is 6.61 Å². The molecule has 0 bridgehead atoms. The van der Waals surface area contributed by atoms with Gasteiger partial charge in [-0.25, -0.2) is 0 Å². The fraction of sp³-hybridized carbons (Fsp3) is 0.800. The highest BCUT2D eigenvalue weighted by molar-refractivity contribution is 7.16. The molecule has 14 heavy (non-hydrogen) atoms. The van der Waals surface area contributed by atoms with Crippen molar-refractivity contribution in [3.8, 4) is 0 Å². The summed E-state index contributed by atoms with van der Waals surface area (Å²) in [5, 5.41) is 0. The summed E-state index contributed by atoms with van der Waals surface area (Å²) in [6.07, 6.45) is 1.04. The summed E-state index contributed by atoms with van der Waals surface area (Å²) in [6.45, 7) is 9.48. The van der Waals surface area contributed by atoms with Gasteiger partial charge in [0.15, 0.2) is 0 Å². The van der Waals surface area contributed by atoms with Crippen LogP contribution < -0.4 is 0 Å². The Kier molecular flexibility index (Phi) is 6.30. The molecule has 0 saturated heterocycles. The Hall–Kier alpha value is -0.140. The van der Waals surface area contributed by atoms with Crippen molar-refractivity contribution in [1.82, 2.24) is 0 Å². The third-order valence-electron chi connectivity index (χ3n) is 1.67. The van der Waals surface area contributed by atoms with Crippen LogP contribution in [0.2, 0.25) is 0 Å². The highest BCUT2D eigenvalue weighted by Crippen LogP contribution is 2.15. The van der Waals surface area contributed by atoms with Crippen LogP contribution in [0.15, 0.2) is 0 Å². The minimum atomic E-state index is -0.452. The molecule has 0 aliphatic heterocycles. The van der Waals surface area contributed by atoms with Crippen LogP contribution in [0, 0.1) is 12.3 Å². The molecule has 0 heterocycles. The van der Waals surface area contributed by atoms with Crippen LogP contribution in [0.3, 0.4) is 0 Å². The highest BCUT2D eigenvalue weighted by Gasteiger charge is 2.23. The van der Waals surface area contributed by atoms with E-state index in [1.165, 1.54) is 0 Å². The molecule has 0 N–H and O–H groups in total. The average molecular weight is 219 g/mol. The van der Waals surface area contributed by atoms with Crippen LogP contribution in [-0.4, -0.2) is 25.0 Å². The van der Waals surface area contributed by atoms with Crippen LogP contribution in [0.25, 0.3) is 0 Å². The van der Waals surface area contributed by atoms with Crippen molar-refractivity contribution in [2.45, 2.75) is 33.3 Å². The molecule has 0 aliphatic carbocycles. The van der Waals surface area contributed by atoms with Crippen molar-refractivity contribution < 1.29 is 14.3 Å².